The van der Waals surface area contributed by atoms with Gasteiger partial charge in [0, 0.05) is 12.6 Å². The molecule has 10 heteroatoms. The molecule has 0 aliphatic heterocycles. The summed E-state index contributed by atoms with van der Waals surface area (Å²) in [6.45, 7) is 1.43. The largest absolute Gasteiger partial charge is 0.427 e. The van der Waals surface area contributed by atoms with E-state index in [2.05, 4.69) is 0 Å². The molecule has 1 N–H and O–H groups in total. The minimum absolute atomic E-state index is 0.0595. The molecule has 1 aromatic heterocycles. The van der Waals surface area contributed by atoms with Gasteiger partial charge in [0.15, 0.2) is 0 Å². The summed E-state index contributed by atoms with van der Waals surface area (Å²) in [6, 6.07) is 6.40. The number of halogens is 3. The van der Waals surface area contributed by atoms with Crippen molar-refractivity contribution in [3.05, 3.63) is 50.1 Å². The molecule has 6 nitrogen and oxygen atoms in total. The highest BCUT2D eigenvalue weighted by Crippen LogP contribution is 2.17. The van der Waals surface area contributed by atoms with E-state index in [9.17, 15) is 27.6 Å². The number of hydrogen-bond donors (Lipinski definition) is 1. The van der Waals surface area contributed by atoms with Gasteiger partial charge in [0.05, 0.1) is 6.54 Å². The summed E-state index contributed by atoms with van der Waals surface area (Å²) in [5, 5.41) is 1.76. The number of hydrogen-bond acceptors (Lipinski definition) is 5. The van der Waals surface area contributed by atoms with Crippen LogP contribution in [0.3, 0.4) is 0 Å². The monoisotopic (exact) mass is 388 g/mol. The quantitative estimate of drug-likeness (QED) is 0.631. The zero-order valence-corrected chi connectivity index (χ0v) is 14.7. The van der Waals surface area contributed by atoms with E-state index < -0.39 is 29.5 Å². The normalized spacial score (nSPS) is 11.3. The van der Waals surface area contributed by atoms with Crippen molar-refractivity contribution in [2.45, 2.75) is 26.6 Å². The topological polar surface area (TPSA) is 77.4 Å². The van der Waals surface area contributed by atoms with Gasteiger partial charge in [-0.1, -0.05) is 23.5 Å². The molecule has 0 saturated heterocycles. The first-order chi connectivity index (χ1) is 12.1. The maximum Gasteiger partial charge on any atom is 0.405 e. The molecule has 0 unspecified atom stereocenters. The van der Waals surface area contributed by atoms with Gasteiger partial charge in [0.2, 0.25) is 0 Å². The second-order valence-corrected chi connectivity index (χ2v) is 6.37. The van der Waals surface area contributed by atoms with Crippen molar-refractivity contribution < 1.29 is 27.5 Å². The number of amides is 1. The number of carbonyl (C=O) groups excluding carboxylic acids is 2. The number of nitrogens with zero attached hydrogens (tertiary/aromatic N) is 1. The third kappa shape index (κ3) is 5.19. The number of thiazole rings is 1. The van der Waals surface area contributed by atoms with Crippen molar-refractivity contribution in [2.75, 3.05) is 6.54 Å². The van der Waals surface area contributed by atoms with E-state index in [0.29, 0.717) is 22.6 Å². The molecule has 2 aromatic rings. The Balaban J connectivity index is 2.16. The first kappa shape index (κ1) is 19.7. The molecule has 0 atom stereocenters. The predicted octanol–water partition coefficient (Wildman–Crippen LogP) is 2.48. The molecule has 0 aliphatic carbocycles. The van der Waals surface area contributed by atoms with Crippen LogP contribution in [0.25, 0.3) is 0 Å². The van der Waals surface area contributed by atoms with Gasteiger partial charge in [-0.3, -0.25) is 19.0 Å². The minimum Gasteiger partial charge on any atom is -0.427 e. The Labute approximate surface area is 150 Å². The fraction of sp³-hybridized carbons (Fsp3) is 0.312. The van der Waals surface area contributed by atoms with E-state index in [1.54, 1.807) is 29.6 Å². The van der Waals surface area contributed by atoms with Crippen LogP contribution in [0.2, 0.25) is 0 Å². The summed E-state index contributed by atoms with van der Waals surface area (Å²) in [6.07, 6.45) is -4.53. The second-order valence-electron chi connectivity index (χ2n) is 5.40. The molecule has 0 spiro atoms. The van der Waals surface area contributed by atoms with Crippen LogP contribution in [0.1, 0.15) is 27.9 Å². The van der Waals surface area contributed by atoms with Crippen molar-refractivity contribution in [3.63, 3.8) is 0 Å². The lowest BCUT2D eigenvalue weighted by molar-refractivity contribution is -0.131. The number of nitrogens with one attached hydrogen (secondary N) is 1. The molecular formula is C16H15F3N2O4S. The fourth-order valence-electron chi connectivity index (χ4n) is 2.14. The number of ether oxygens (including phenoxy) is 1. The van der Waals surface area contributed by atoms with Crippen LogP contribution in [0.5, 0.6) is 5.75 Å². The zero-order chi connectivity index (χ0) is 19.5. The molecule has 0 aliphatic rings. The Hall–Kier alpha value is -2.62. The average Bonchev–Trinajstić information content (AvgIpc) is 2.81. The van der Waals surface area contributed by atoms with E-state index in [1.165, 1.54) is 18.4 Å². The van der Waals surface area contributed by atoms with E-state index >= 15 is 0 Å². The molecule has 0 radical (unpaired) electrons. The van der Waals surface area contributed by atoms with E-state index in [1.807, 2.05) is 0 Å². The van der Waals surface area contributed by atoms with Crippen molar-refractivity contribution in [2.24, 2.45) is 0 Å². The van der Waals surface area contributed by atoms with E-state index in [-0.39, 0.29) is 17.1 Å². The molecular weight excluding hydrogens is 373 g/mol. The summed E-state index contributed by atoms with van der Waals surface area (Å²) in [4.78, 5) is 34.3. The zero-order valence-electron chi connectivity index (χ0n) is 13.8. The number of aromatic nitrogens is 1. The second kappa shape index (κ2) is 7.73. The lowest BCUT2D eigenvalue weighted by Gasteiger charge is -2.09. The highest BCUT2D eigenvalue weighted by Gasteiger charge is 2.29. The third-order valence-corrected chi connectivity index (χ3v) is 4.40. The first-order valence-electron chi connectivity index (χ1n) is 7.39. The Kier molecular flexibility index (Phi) is 5.86. The third-order valence-electron chi connectivity index (χ3n) is 3.32. The van der Waals surface area contributed by atoms with Crippen LogP contribution in [0, 0.1) is 6.92 Å². The number of rotatable bonds is 5. The summed E-state index contributed by atoms with van der Waals surface area (Å²) >= 11 is 0.589. The van der Waals surface area contributed by atoms with Crippen molar-refractivity contribution >= 4 is 23.2 Å². The highest BCUT2D eigenvalue weighted by atomic mass is 32.1. The summed E-state index contributed by atoms with van der Waals surface area (Å²) in [5.41, 5.74) is 0.981. The first-order valence-corrected chi connectivity index (χ1v) is 8.21. The molecule has 0 bridgehead atoms. The van der Waals surface area contributed by atoms with Crippen LogP contribution in [-0.4, -0.2) is 29.2 Å². The smallest absolute Gasteiger partial charge is 0.405 e. The van der Waals surface area contributed by atoms with Gasteiger partial charge in [-0.25, -0.2) is 0 Å². The molecule has 1 heterocycles. The molecule has 0 fully saturated rings. The SMILES string of the molecule is CC(=O)Oc1ccc(Cn2c(C)c(C(=O)NCC(F)(F)F)sc2=O)cc1. The Morgan fingerprint density at radius 3 is 2.38 bits per heavy atom. The minimum atomic E-state index is -4.53. The molecule has 1 aromatic carbocycles. The van der Waals surface area contributed by atoms with Crippen molar-refractivity contribution in [3.8, 4) is 5.75 Å². The maximum atomic E-state index is 12.2. The van der Waals surface area contributed by atoms with Crippen LogP contribution >= 0.6 is 11.3 Å². The number of benzene rings is 1. The lowest BCUT2D eigenvalue weighted by Crippen LogP contribution is -2.33. The summed E-state index contributed by atoms with van der Waals surface area (Å²) < 4.78 is 42.8. The lowest BCUT2D eigenvalue weighted by atomic mass is 10.2. The van der Waals surface area contributed by atoms with Gasteiger partial charge in [-0.15, -0.1) is 0 Å². The Morgan fingerprint density at radius 2 is 1.85 bits per heavy atom. The van der Waals surface area contributed by atoms with Gasteiger partial charge in [-0.05, 0) is 24.6 Å². The molecule has 2 rings (SSSR count). The van der Waals surface area contributed by atoms with Crippen molar-refractivity contribution in [1.29, 1.82) is 0 Å². The van der Waals surface area contributed by atoms with Crippen LogP contribution < -0.4 is 14.9 Å². The highest BCUT2D eigenvalue weighted by molar-refractivity contribution is 7.11. The standard InChI is InChI=1S/C16H15F3N2O4S/c1-9-13(14(23)20-8-16(17,18)19)26-15(24)21(9)7-11-3-5-12(6-4-11)25-10(2)22/h3-6H,7-8H2,1-2H3,(H,20,23). The van der Waals surface area contributed by atoms with Crippen molar-refractivity contribution in [1.82, 2.24) is 9.88 Å². The van der Waals surface area contributed by atoms with Gasteiger partial charge < -0.3 is 10.1 Å². The van der Waals surface area contributed by atoms with Gasteiger partial charge in [0.1, 0.15) is 17.2 Å². The molecule has 1 amide bonds. The molecule has 26 heavy (non-hydrogen) atoms. The molecule has 140 valence electrons. The predicted molar refractivity (Wildman–Crippen MR) is 88.6 cm³/mol. The van der Waals surface area contributed by atoms with Gasteiger partial charge in [-0.2, -0.15) is 13.2 Å². The fourth-order valence-corrected chi connectivity index (χ4v) is 3.05. The molecule has 0 saturated carbocycles. The number of carbonyl (C=O) groups is 2. The van der Waals surface area contributed by atoms with Crippen LogP contribution in [-0.2, 0) is 11.3 Å². The van der Waals surface area contributed by atoms with Gasteiger partial charge >= 0.3 is 17.0 Å². The summed E-state index contributed by atoms with van der Waals surface area (Å²) in [5.74, 6) is -1.05. The Morgan fingerprint density at radius 1 is 1.23 bits per heavy atom. The number of alkyl halides is 3. The van der Waals surface area contributed by atoms with Crippen LogP contribution in [0.4, 0.5) is 13.2 Å². The van der Waals surface area contributed by atoms with E-state index in [0.717, 1.165) is 0 Å². The van der Waals surface area contributed by atoms with E-state index in [4.69, 9.17) is 4.74 Å². The number of esters is 1. The Bertz CT molecular complexity index is 869. The maximum absolute atomic E-state index is 12.2. The van der Waals surface area contributed by atoms with Crippen LogP contribution in [0.15, 0.2) is 29.1 Å². The van der Waals surface area contributed by atoms with Gasteiger partial charge in [0.25, 0.3) is 5.91 Å². The average molecular weight is 388 g/mol. The summed E-state index contributed by atoms with van der Waals surface area (Å²) in [7, 11) is 0.